The molecule has 0 radical (unpaired) electrons. The molecule has 3 nitrogen and oxygen atoms in total. The van der Waals surface area contributed by atoms with E-state index in [1.54, 1.807) is 12.1 Å². The van der Waals surface area contributed by atoms with Crippen LogP contribution in [0.3, 0.4) is 0 Å². The fourth-order valence-electron chi connectivity index (χ4n) is 1.61. The summed E-state index contributed by atoms with van der Waals surface area (Å²) in [5, 5.41) is 3.30. The minimum atomic E-state index is -0.229. The zero-order valence-corrected chi connectivity index (χ0v) is 11.6. The normalized spacial score (nSPS) is 10.2. The molecule has 1 amide bonds. The molecule has 5 heteroatoms. The zero-order valence-electron chi connectivity index (χ0n) is 10.1. The van der Waals surface area contributed by atoms with Gasteiger partial charge in [0.1, 0.15) is 5.69 Å². The van der Waals surface area contributed by atoms with Crippen LogP contribution < -0.4 is 5.32 Å². The smallest absolute Gasteiger partial charge is 0.270 e. The van der Waals surface area contributed by atoms with Crippen LogP contribution in [0.25, 0.3) is 0 Å². The van der Waals surface area contributed by atoms with Crippen LogP contribution in [-0.2, 0) is 12.4 Å². The Morgan fingerprint density at radius 1 is 1.21 bits per heavy atom. The molecule has 1 aromatic carbocycles. The van der Waals surface area contributed by atoms with Crippen molar-refractivity contribution in [3.05, 3.63) is 64.4 Å². The molecule has 0 spiro atoms. The number of nitrogens with one attached hydrogen (secondary N) is 1. The van der Waals surface area contributed by atoms with Crippen molar-refractivity contribution in [2.45, 2.75) is 12.4 Å². The van der Waals surface area contributed by atoms with Crippen molar-refractivity contribution < 1.29 is 4.79 Å². The van der Waals surface area contributed by atoms with Gasteiger partial charge in [-0.3, -0.25) is 4.79 Å². The van der Waals surface area contributed by atoms with E-state index in [9.17, 15) is 4.79 Å². The summed E-state index contributed by atoms with van der Waals surface area (Å²) in [6.45, 7) is 0.438. The summed E-state index contributed by atoms with van der Waals surface area (Å²) in [7, 11) is 0. The van der Waals surface area contributed by atoms with Gasteiger partial charge in [0, 0.05) is 18.6 Å². The van der Waals surface area contributed by atoms with Crippen molar-refractivity contribution in [3.63, 3.8) is 0 Å². The van der Waals surface area contributed by atoms with Gasteiger partial charge in [0.15, 0.2) is 0 Å². The van der Waals surface area contributed by atoms with Crippen molar-refractivity contribution >= 4 is 29.1 Å². The summed E-state index contributed by atoms with van der Waals surface area (Å²) >= 11 is 11.5. The van der Waals surface area contributed by atoms with E-state index in [1.807, 2.05) is 24.3 Å². The molecule has 0 atom stereocenters. The van der Waals surface area contributed by atoms with Gasteiger partial charge in [-0.1, -0.05) is 35.9 Å². The number of alkyl halides is 1. The Labute approximate surface area is 121 Å². The zero-order chi connectivity index (χ0) is 13.7. The van der Waals surface area contributed by atoms with Crippen molar-refractivity contribution in [1.29, 1.82) is 0 Å². The fourth-order valence-corrected chi connectivity index (χ4v) is 1.88. The maximum absolute atomic E-state index is 11.8. The molecule has 1 heterocycles. The molecule has 0 aliphatic carbocycles. The van der Waals surface area contributed by atoms with Gasteiger partial charge in [0.05, 0.1) is 5.02 Å². The molecule has 1 aromatic heterocycles. The molecule has 2 aromatic rings. The maximum atomic E-state index is 11.8. The van der Waals surface area contributed by atoms with Crippen LogP contribution >= 0.6 is 23.2 Å². The number of aromatic nitrogens is 1. The average molecular weight is 295 g/mol. The number of pyridine rings is 1. The predicted octanol–water partition coefficient (Wildman–Crippen LogP) is 3.40. The summed E-state index contributed by atoms with van der Waals surface area (Å²) in [6, 6.07) is 11.0. The Morgan fingerprint density at radius 2 is 2.00 bits per heavy atom. The van der Waals surface area contributed by atoms with Crippen LogP contribution in [-0.4, -0.2) is 10.9 Å². The van der Waals surface area contributed by atoms with E-state index >= 15 is 0 Å². The van der Waals surface area contributed by atoms with E-state index in [2.05, 4.69) is 10.3 Å². The third kappa shape index (κ3) is 3.94. The summed E-state index contributed by atoms with van der Waals surface area (Å²) in [5.41, 5.74) is 2.37. The summed E-state index contributed by atoms with van der Waals surface area (Å²) in [5.74, 6) is 0.230. The molecule has 0 saturated carbocycles. The van der Waals surface area contributed by atoms with Gasteiger partial charge in [0.25, 0.3) is 5.91 Å². The minimum absolute atomic E-state index is 0.229. The first kappa shape index (κ1) is 13.8. The summed E-state index contributed by atoms with van der Waals surface area (Å²) in [4.78, 5) is 15.8. The van der Waals surface area contributed by atoms with Gasteiger partial charge in [-0.2, -0.15) is 0 Å². The first-order valence-electron chi connectivity index (χ1n) is 5.72. The van der Waals surface area contributed by atoms with Crippen LogP contribution in [0.2, 0.25) is 5.02 Å². The monoisotopic (exact) mass is 294 g/mol. The Morgan fingerprint density at radius 3 is 2.68 bits per heavy atom. The number of rotatable bonds is 4. The van der Waals surface area contributed by atoms with E-state index in [4.69, 9.17) is 23.2 Å². The van der Waals surface area contributed by atoms with Crippen LogP contribution in [0.1, 0.15) is 21.6 Å². The van der Waals surface area contributed by atoms with Crippen molar-refractivity contribution in [2.24, 2.45) is 0 Å². The Kier molecular flexibility index (Phi) is 4.77. The summed E-state index contributed by atoms with van der Waals surface area (Å²) in [6.07, 6.45) is 1.45. The first-order chi connectivity index (χ1) is 9.19. The van der Waals surface area contributed by atoms with E-state index in [1.165, 1.54) is 6.20 Å². The van der Waals surface area contributed by atoms with Gasteiger partial charge >= 0.3 is 0 Å². The molecule has 19 heavy (non-hydrogen) atoms. The Hall–Kier alpha value is -1.58. The number of halogens is 2. The molecule has 1 N–H and O–H groups in total. The molecule has 2 rings (SSSR count). The molecule has 98 valence electrons. The van der Waals surface area contributed by atoms with Crippen LogP contribution in [0.15, 0.2) is 42.6 Å². The number of nitrogens with zero attached hydrogens (tertiary/aromatic N) is 1. The molecule has 0 bridgehead atoms. The van der Waals surface area contributed by atoms with Crippen LogP contribution in [0, 0.1) is 0 Å². The van der Waals surface area contributed by atoms with E-state index < -0.39 is 0 Å². The second-order valence-corrected chi connectivity index (χ2v) is 4.70. The van der Waals surface area contributed by atoms with Crippen LogP contribution in [0.5, 0.6) is 0 Å². The molecule has 0 aliphatic heterocycles. The highest BCUT2D eigenvalue weighted by Gasteiger charge is 2.06. The lowest BCUT2D eigenvalue weighted by Gasteiger charge is -2.06. The third-order valence-electron chi connectivity index (χ3n) is 2.56. The second kappa shape index (κ2) is 6.55. The number of amides is 1. The molecule has 0 unspecified atom stereocenters. The van der Waals surface area contributed by atoms with Gasteiger partial charge in [-0.15, -0.1) is 11.6 Å². The maximum Gasteiger partial charge on any atom is 0.270 e. The molecule has 0 aliphatic rings. The second-order valence-electron chi connectivity index (χ2n) is 4.00. The van der Waals surface area contributed by atoms with Gasteiger partial charge in [-0.05, 0) is 23.3 Å². The Balaban J connectivity index is 1.98. The highest BCUT2D eigenvalue weighted by atomic mass is 35.5. The summed E-state index contributed by atoms with van der Waals surface area (Å²) < 4.78 is 0. The SMILES string of the molecule is O=C(NCc1cccc(CCl)c1)c1ccc(Cl)cn1. The molecule has 0 fully saturated rings. The van der Waals surface area contributed by atoms with Crippen molar-refractivity contribution in [3.8, 4) is 0 Å². The average Bonchev–Trinajstić information content (AvgIpc) is 2.46. The minimum Gasteiger partial charge on any atom is -0.347 e. The third-order valence-corrected chi connectivity index (χ3v) is 3.09. The van der Waals surface area contributed by atoms with Gasteiger partial charge < -0.3 is 5.32 Å². The van der Waals surface area contributed by atoms with Crippen LogP contribution in [0.4, 0.5) is 0 Å². The largest absolute Gasteiger partial charge is 0.347 e. The number of benzene rings is 1. The number of hydrogen-bond donors (Lipinski definition) is 1. The Bertz CT molecular complexity index is 570. The first-order valence-corrected chi connectivity index (χ1v) is 6.64. The number of carbonyl (C=O) groups excluding carboxylic acids is 1. The lowest BCUT2D eigenvalue weighted by molar-refractivity contribution is 0.0946. The van der Waals surface area contributed by atoms with Gasteiger partial charge in [0.2, 0.25) is 0 Å². The van der Waals surface area contributed by atoms with Crippen molar-refractivity contribution in [2.75, 3.05) is 0 Å². The number of carbonyl (C=O) groups is 1. The quantitative estimate of drug-likeness (QED) is 0.878. The standard InChI is InChI=1S/C14H12Cl2N2O/c15-7-10-2-1-3-11(6-10)8-18-14(19)13-5-4-12(16)9-17-13/h1-6,9H,7-8H2,(H,18,19). The topological polar surface area (TPSA) is 42.0 Å². The number of hydrogen-bond acceptors (Lipinski definition) is 2. The highest BCUT2D eigenvalue weighted by molar-refractivity contribution is 6.30. The molecule has 0 saturated heterocycles. The van der Waals surface area contributed by atoms with E-state index in [0.717, 1.165) is 11.1 Å². The van der Waals surface area contributed by atoms with E-state index in [-0.39, 0.29) is 5.91 Å². The van der Waals surface area contributed by atoms with Crippen molar-refractivity contribution in [1.82, 2.24) is 10.3 Å². The predicted molar refractivity (Wildman–Crippen MR) is 76.4 cm³/mol. The van der Waals surface area contributed by atoms with E-state index in [0.29, 0.717) is 23.1 Å². The highest BCUT2D eigenvalue weighted by Crippen LogP contribution is 2.09. The molecular formula is C14H12Cl2N2O. The lowest BCUT2D eigenvalue weighted by atomic mass is 10.1. The lowest BCUT2D eigenvalue weighted by Crippen LogP contribution is -2.23. The fraction of sp³-hybridized carbons (Fsp3) is 0.143. The van der Waals surface area contributed by atoms with Gasteiger partial charge in [-0.25, -0.2) is 4.98 Å². The molecular weight excluding hydrogens is 283 g/mol.